The molecule has 0 atom stereocenters. The Kier molecular flexibility index (Phi) is 34.5. The SMILES string of the molecule is C.Nc1c(N=Nc2cc(Nc3nc(Cl)nc(Nc4cccc(S(=O)(=O)[O-])c4)n3)ccc2S(=O)(=O)[O-])cc(S(=O)(=O)[O-])c(N)c1N=Nc1cc(Nc2nc(F)nc(Nc3ccc(S(=O)(=O)CCOSOO[O-])cc3)n2)ccc1SOO[O-].[Na+].[Na+].[Na+].[Na+].[Na+]. The van der Waals surface area contributed by atoms with Crippen molar-refractivity contribution in [3.05, 3.63) is 102 Å². The van der Waals surface area contributed by atoms with Gasteiger partial charge in [-0.25, -0.2) is 33.7 Å². The van der Waals surface area contributed by atoms with E-state index in [0.29, 0.717) is 6.07 Å². The number of sulfone groups is 1. The smallest absolute Gasteiger partial charge is 0.744 e. The van der Waals surface area contributed by atoms with Crippen molar-refractivity contribution in [2.45, 2.75) is 31.9 Å². The summed E-state index contributed by atoms with van der Waals surface area (Å²) in [6.07, 6.45) is -1.30. The van der Waals surface area contributed by atoms with Gasteiger partial charge in [-0.05, 0) is 96.5 Å². The van der Waals surface area contributed by atoms with E-state index in [0.717, 1.165) is 30.3 Å². The van der Waals surface area contributed by atoms with Gasteiger partial charge in [0.1, 0.15) is 53.1 Å². The van der Waals surface area contributed by atoms with E-state index in [9.17, 15) is 62.2 Å². The first kappa shape index (κ1) is 81.5. The summed E-state index contributed by atoms with van der Waals surface area (Å²) >= 11 is 6.49. The molecular formula is C39H31ClFN16Na5O18S6. The molecule has 0 radical (unpaired) electrons. The third-order valence-electron chi connectivity index (χ3n) is 9.57. The number of nitrogens with two attached hydrogens (primary N) is 2. The number of halogens is 2. The van der Waals surface area contributed by atoms with E-state index in [1.54, 1.807) is 0 Å². The molecule has 0 unspecified atom stereocenters. The third-order valence-corrected chi connectivity index (χ3v) is 15.0. The van der Waals surface area contributed by atoms with Gasteiger partial charge in [-0.3, -0.25) is 14.3 Å². The van der Waals surface area contributed by atoms with E-state index >= 15 is 0 Å². The van der Waals surface area contributed by atoms with Gasteiger partial charge in [-0.1, -0.05) is 13.5 Å². The van der Waals surface area contributed by atoms with Crippen LogP contribution in [-0.4, -0.2) is 89.6 Å². The van der Waals surface area contributed by atoms with Crippen molar-refractivity contribution in [3.8, 4) is 0 Å². The second-order valence-electron chi connectivity index (χ2n) is 14.8. The predicted octanol–water partition coefficient (Wildman–Crippen LogP) is -10.0. The summed E-state index contributed by atoms with van der Waals surface area (Å²) in [6.45, 7) is -0.368. The van der Waals surface area contributed by atoms with Crippen molar-refractivity contribution >= 4 is 157 Å². The van der Waals surface area contributed by atoms with Gasteiger partial charge in [0.15, 0.2) is 22.2 Å². The maximum atomic E-state index is 14.8. The summed E-state index contributed by atoms with van der Waals surface area (Å²) in [5, 5.41) is 52.9. The van der Waals surface area contributed by atoms with Crippen LogP contribution in [0.15, 0.2) is 136 Å². The largest absolute Gasteiger partial charge is 1.00 e. The molecule has 430 valence electrons. The molecule has 47 heteroatoms. The quantitative estimate of drug-likeness (QED) is 0.00452. The first-order valence-corrected chi connectivity index (χ1v) is 28.4. The van der Waals surface area contributed by atoms with E-state index in [1.165, 1.54) is 54.6 Å². The van der Waals surface area contributed by atoms with Crippen molar-refractivity contribution in [1.29, 1.82) is 0 Å². The average Bonchev–Trinajstić information content (AvgIpc) is 3.53. The second-order valence-corrected chi connectivity index (χ2v) is 22.6. The zero-order valence-electron chi connectivity index (χ0n) is 43.8. The van der Waals surface area contributed by atoms with Gasteiger partial charge in [0.2, 0.25) is 29.1 Å². The maximum absolute atomic E-state index is 14.8. The van der Waals surface area contributed by atoms with Gasteiger partial charge in [-0.15, -0.1) is 24.8 Å². The van der Waals surface area contributed by atoms with E-state index in [1.807, 2.05) is 0 Å². The third kappa shape index (κ3) is 23.6. The van der Waals surface area contributed by atoms with Crippen molar-refractivity contribution in [2.24, 2.45) is 20.5 Å². The Morgan fingerprint density at radius 1 is 0.547 bits per heavy atom. The fourth-order valence-electron chi connectivity index (χ4n) is 6.19. The number of azo groups is 2. The number of nitrogen functional groups attached to an aromatic ring is 2. The topological polar surface area (TPSA) is 525 Å². The fourth-order valence-corrected chi connectivity index (χ4v) is 9.90. The zero-order valence-corrected chi connectivity index (χ0v) is 59.4. The summed E-state index contributed by atoms with van der Waals surface area (Å²) in [5.74, 6) is -1.93. The number of hydrogen-bond donors (Lipinski definition) is 6. The molecule has 0 saturated heterocycles. The van der Waals surface area contributed by atoms with E-state index in [-0.39, 0.29) is 242 Å². The molecular weight excluding hydrogens is 1340 g/mol. The normalized spacial score (nSPS) is 11.4. The molecule has 0 aliphatic carbocycles. The predicted molar refractivity (Wildman–Crippen MR) is 274 cm³/mol. The number of aromatic nitrogens is 6. The molecule has 86 heavy (non-hydrogen) atoms. The van der Waals surface area contributed by atoms with Crippen LogP contribution in [0.25, 0.3) is 0 Å². The second kappa shape index (κ2) is 36.5. The molecule has 0 bridgehead atoms. The summed E-state index contributed by atoms with van der Waals surface area (Å²) in [4.78, 5) is 20.2. The van der Waals surface area contributed by atoms with Crippen LogP contribution in [-0.2, 0) is 63.1 Å². The van der Waals surface area contributed by atoms with Crippen LogP contribution < -0.4 is 191 Å². The summed E-state index contributed by atoms with van der Waals surface area (Å²) < 4.78 is 162. The van der Waals surface area contributed by atoms with Crippen molar-refractivity contribution < 1.29 is 233 Å². The molecule has 0 amide bonds. The van der Waals surface area contributed by atoms with Crippen LogP contribution in [0.1, 0.15) is 7.43 Å². The number of rotatable bonds is 25. The Hall–Kier alpha value is -2.56. The Morgan fingerprint density at radius 2 is 1.05 bits per heavy atom. The fraction of sp³-hybridized carbons (Fsp3) is 0.0769. The maximum Gasteiger partial charge on any atom is 1.00 e. The number of hydrogen-bond acceptors (Lipinski definition) is 36. The Morgan fingerprint density at radius 3 is 1.60 bits per heavy atom. The number of nitrogens with zero attached hydrogens (tertiary/aromatic N) is 10. The molecule has 0 aliphatic rings. The molecule has 2 aromatic heterocycles. The average molecular weight is 1370 g/mol. The first-order valence-electron chi connectivity index (χ1n) is 20.7. The van der Waals surface area contributed by atoms with Crippen LogP contribution in [0.3, 0.4) is 0 Å². The molecule has 2 heterocycles. The standard InChI is InChI=1S/C38H32ClFN16O18S6.CH4.5Na/c39-33-47-35(44-19-2-1-3-23(14-19)78(61,62)63)51-36(48-33)45-21-7-11-28(79(64,65)66)25(16-21)54-55-26-17-29(80(67,68)69)31(42)32(30(26)41)56-53-24-15-20(6-10-27(24)75-73-71-57)46-38-50-34(40)49-37(52-38)43-18-4-8-22(9-5-18)77(59,60)13-12-70-76-74-72-58;;;;;;/h1-11,14-17,57-58H,12-13,41-42H2,(H,61,62,63)(H,64,65,66)(H,67,68,69)(H2,43,46,49,50,52)(H2,44,45,47,48,51);1H4;;;;;/q;;5*+1/p-5. The van der Waals surface area contributed by atoms with Crippen LogP contribution in [0, 0.1) is 6.08 Å². The van der Waals surface area contributed by atoms with Crippen LogP contribution in [0.2, 0.25) is 5.28 Å². The molecule has 7 rings (SSSR count). The van der Waals surface area contributed by atoms with Crippen molar-refractivity contribution in [1.82, 2.24) is 29.9 Å². The minimum atomic E-state index is -5.52. The molecule has 8 N–H and O–H groups in total. The number of anilines is 10. The zero-order chi connectivity index (χ0) is 58.0. The molecule has 34 nitrogen and oxygen atoms in total. The molecule has 0 saturated carbocycles. The minimum absolute atomic E-state index is 0. The molecule has 0 spiro atoms. The van der Waals surface area contributed by atoms with Crippen LogP contribution in [0.5, 0.6) is 0 Å². The Balaban J connectivity index is 0.00000616. The van der Waals surface area contributed by atoms with Gasteiger partial charge < -0.3 is 56.9 Å². The van der Waals surface area contributed by atoms with E-state index in [2.05, 4.69) is 90.4 Å². The van der Waals surface area contributed by atoms with Gasteiger partial charge in [0.05, 0.1) is 60.3 Å². The first-order chi connectivity index (χ1) is 37.8. The van der Waals surface area contributed by atoms with Crippen molar-refractivity contribution in [2.75, 3.05) is 45.1 Å². The summed E-state index contributed by atoms with van der Waals surface area (Å²) in [7, 11) is -19.6. The van der Waals surface area contributed by atoms with Gasteiger partial charge >= 0.3 is 154 Å². The van der Waals surface area contributed by atoms with E-state index in [4.69, 9.17) is 27.3 Å². The minimum Gasteiger partial charge on any atom is -0.744 e. The van der Waals surface area contributed by atoms with Gasteiger partial charge in [-0.2, -0.15) is 38.6 Å². The summed E-state index contributed by atoms with van der Waals surface area (Å²) in [5.41, 5.74) is 8.54. The number of benzene rings is 5. The van der Waals surface area contributed by atoms with Crippen molar-refractivity contribution in [3.63, 3.8) is 0 Å². The molecule has 0 fully saturated rings. The van der Waals surface area contributed by atoms with Crippen LogP contribution >= 0.6 is 36.0 Å². The Bertz CT molecular complexity index is 4030. The monoisotopic (exact) mass is 1370 g/mol. The molecule has 5 aromatic carbocycles. The molecule has 0 aliphatic heterocycles. The van der Waals surface area contributed by atoms with Crippen LogP contribution in [0.4, 0.5) is 85.1 Å². The van der Waals surface area contributed by atoms with Gasteiger partial charge in [0.25, 0.3) is 0 Å². The number of nitrogens with one attached hydrogen (secondary N) is 4. The van der Waals surface area contributed by atoms with E-state index < -0.39 is 106 Å². The Labute approximate surface area is 611 Å². The summed E-state index contributed by atoms with van der Waals surface area (Å²) in [6, 6.07) is 16.8. The molecule has 7 aromatic rings. The van der Waals surface area contributed by atoms with Gasteiger partial charge in [0, 0.05) is 22.7 Å².